The van der Waals surface area contributed by atoms with Crippen LogP contribution in [0.15, 0.2) is 34.1 Å². The summed E-state index contributed by atoms with van der Waals surface area (Å²) >= 11 is 1.35. The molecule has 0 atom stereocenters. The maximum atomic E-state index is 12.0. The summed E-state index contributed by atoms with van der Waals surface area (Å²) in [6, 6.07) is 6.70. The predicted molar refractivity (Wildman–Crippen MR) is 70.3 cm³/mol. The molecule has 7 heteroatoms. The van der Waals surface area contributed by atoms with Gasteiger partial charge in [0.05, 0.1) is 4.90 Å². The molecule has 0 amide bonds. The highest BCUT2D eigenvalue weighted by Crippen LogP contribution is 2.23. The summed E-state index contributed by atoms with van der Waals surface area (Å²) in [6.07, 6.45) is 2.03. The molecule has 0 radical (unpaired) electrons. The second kappa shape index (κ2) is 6.77. The van der Waals surface area contributed by atoms with Crippen LogP contribution in [0.4, 0.5) is 0 Å². The third-order valence-electron chi connectivity index (χ3n) is 2.22. The molecule has 0 aliphatic carbocycles. The van der Waals surface area contributed by atoms with Crippen molar-refractivity contribution in [2.24, 2.45) is 0 Å². The molecule has 100 valence electrons. The van der Waals surface area contributed by atoms with Crippen LogP contribution in [-0.4, -0.2) is 32.3 Å². The van der Waals surface area contributed by atoms with E-state index in [0.29, 0.717) is 4.90 Å². The smallest absolute Gasteiger partial charge is 0.303 e. The van der Waals surface area contributed by atoms with Gasteiger partial charge in [-0.1, -0.05) is 12.1 Å². The van der Waals surface area contributed by atoms with Crippen LogP contribution in [0.2, 0.25) is 0 Å². The lowest BCUT2D eigenvalue weighted by atomic mass is 10.3. The van der Waals surface area contributed by atoms with Gasteiger partial charge in [0, 0.05) is 17.9 Å². The van der Waals surface area contributed by atoms with Gasteiger partial charge in [0.2, 0.25) is 10.0 Å². The Labute approximate surface area is 111 Å². The molecule has 18 heavy (non-hydrogen) atoms. The van der Waals surface area contributed by atoms with Crippen LogP contribution in [0, 0.1) is 0 Å². The Bertz CT molecular complexity index is 514. The lowest BCUT2D eigenvalue weighted by molar-refractivity contribution is -0.137. The number of carboxylic acid groups (broad SMARTS) is 1. The number of sulfonamides is 1. The van der Waals surface area contributed by atoms with Gasteiger partial charge in [-0.2, -0.15) is 0 Å². The molecule has 0 saturated heterocycles. The Morgan fingerprint density at radius 1 is 1.39 bits per heavy atom. The highest BCUT2D eigenvalue weighted by Gasteiger charge is 2.16. The van der Waals surface area contributed by atoms with Crippen molar-refractivity contribution in [3.63, 3.8) is 0 Å². The summed E-state index contributed by atoms with van der Waals surface area (Å²) in [7, 11) is -3.56. The first-order valence-electron chi connectivity index (χ1n) is 5.32. The zero-order valence-corrected chi connectivity index (χ0v) is 11.6. The van der Waals surface area contributed by atoms with Crippen molar-refractivity contribution in [1.29, 1.82) is 0 Å². The summed E-state index contributed by atoms with van der Waals surface area (Å²) in [5.41, 5.74) is 0. The fourth-order valence-corrected chi connectivity index (χ4v) is 3.59. The Morgan fingerprint density at radius 3 is 2.67 bits per heavy atom. The molecule has 0 saturated carbocycles. The van der Waals surface area contributed by atoms with Gasteiger partial charge in [0.25, 0.3) is 0 Å². The third kappa shape index (κ3) is 4.32. The number of aliphatic carboxylic acids is 1. The zero-order chi connectivity index (χ0) is 13.6. The van der Waals surface area contributed by atoms with E-state index in [1.807, 2.05) is 0 Å². The second-order valence-corrected chi connectivity index (χ2v) is 6.13. The number of nitrogens with one attached hydrogen (secondary N) is 1. The minimum atomic E-state index is -3.56. The molecule has 5 nitrogen and oxygen atoms in total. The number of carbonyl (C=O) groups is 1. The first kappa shape index (κ1) is 15.0. The number of benzene rings is 1. The first-order valence-corrected chi connectivity index (χ1v) is 8.02. The normalized spacial score (nSPS) is 11.4. The number of thioether (sulfide) groups is 1. The van der Waals surface area contributed by atoms with E-state index in [2.05, 4.69) is 4.72 Å². The third-order valence-corrected chi connectivity index (χ3v) is 4.66. The van der Waals surface area contributed by atoms with Crippen LogP contribution < -0.4 is 4.72 Å². The van der Waals surface area contributed by atoms with E-state index in [-0.39, 0.29) is 24.3 Å². The van der Waals surface area contributed by atoms with Crippen molar-refractivity contribution in [2.75, 3.05) is 12.8 Å². The summed E-state index contributed by atoms with van der Waals surface area (Å²) < 4.78 is 26.4. The van der Waals surface area contributed by atoms with Gasteiger partial charge in [0.1, 0.15) is 0 Å². The maximum Gasteiger partial charge on any atom is 0.303 e. The molecule has 1 aromatic carbocycles. The fourth-order valence-electron chi connectivity index (χ4n) is 1.36. The van der Waals surface area contributed by atoms with Gasteiger partial charge in [-0.05, 0) is 24.8 Å². The van der Waals surface area contributed by atoms with Gasteiger partial charge in [-0.25, -0.2) is 13.1 Å². The van der Waals surface area contributed by atoms with Crippen molar-refractivity contribution >= 4 is 27.8 Å². The minimum absolute atomic E-state index is 0.0489. The quantitative estimate of drug-likeness (QED) is 0.588. The molecular formula is C11H15NO4S2. The molecule has 0 aliphatic rings. The van der Waals surface area contributed by atoms with E-state index in [4.69, 9.17) is 5.11 Å². The molecular weight excluding hydrogens is 274 g/mol. The van der Waals surface area contributed by atoms with E-state index in [0.717, 1.165) is 0 Å². The van der Waals surface area contributed by atoms with Gasteiger partial charge in [-0.3, -0.25) is 4.79 Å². The molecule has 0 aromatic heterocycles. The molecule has 0 bridgehead atoms. The highest BCUT2D eigenvalue weighted by atomic mass is 32.2. The molecule has 0 fully saturated rings. The summed E-state index contributed by atoms with van der Waals surface area (Å²) in [4.78, 5) is 11.2. The largest absolute Gasteiger partial charge is 0.481 e. The number of hydrogen-bond donors (Lipinski definition) is 2. The van der Waals surface area contributed by atoms with Crippen molar-refractivity contribution in [1.82, 2.24) is 4.72 Å². The summed E-state index contributed by atoms with van der Waals surface area (Å²) in [5, 5.41) is 8.46. The Hall–Kier alpha value is -1.05. The van der Waals surface area contributed by atoms with Crippen molar-refractivity contribution < 1.29 is 18.3 Å². The van der Waals surface area contributed by atoms with Gasteiger partial charge in [-0.15, -0.1) is 11.8 Å². The maximum absolute atomic E-state index is 12.0. The SMILES string of the molecule is CSc1ccccc1S(=O)(=O)NCCCC(=O)O. The van der Waals surface area contributed by atoms with E-state index >= 15 is 0 Å². The van der Waals surface area contributed by atoms with Crippen LogP contribution in [-0.2, 0) is 14.8 Å². The van der Waals surface area contributed by atoms with Crippen LogP contribution in [0.3, 0.4) is 0 Å². The van der Waals surface area contributed by atoms with Crippen molar-refractivity contribution in [3.8, 4) is 0 Å². The van der Waals surface area contributed by atoms with Crippen molar-refractivity contribution in [2.45, 2.75) is 22.6 Å². The van der Waals surface area contributed by atoms with E-state index < -0.39 is 16.0 Å². The highest BCUT2D eigenvalue weighted by molar-refractivity contribution is 7.99. The standard InChI is InChI=1S/C11H15NO4S2/c1-17-9-5-2-3-6-10(9)18(15,16)12-8-4-7-11(13)14/h2-3,5-6,12H,4,7-8H2,1H3,(H,13,14). The average molecular weight is 289 g/mol. The number of rotatable bonds is 7. The van der Waals surface area contributed by atoms with E-state index in [1.165, 1.54) is 17.8 Å². The Balaban J connectivity index is 2.71. The first-order chi connectivity index (χ1) is 8.47. The Kier molecular flexibility index (Phi) is 5.64. The molecule has 0 unspecified atom stereocenters. The predicted octanol–water partition coefficient (Wildman–Crippen LogP) is 1.55. The van der Waals surface area contributed by atoms with Gasteiger partial charge in [0.15, 0.2) is 0 Å². The topological polar surface area (TPSA) is 83.5 Å². The van der Waals surface area contributed by atoms with Crippen molar-refractivity contribution in [3.05, 3.63) is 24.3 Å². The summed E-state index contributed by atoms with van der Waals surface area (Å²) in [6.45, 7) is 0.122. The average Bonchev–Trinajstić information content (AvgIpc) is 2.34. The molecule has 0 aliphatic heterocycles. The van der Waals surface area contributed by atoms with Gasteiger partial charge < -0.3 is 5.11 Å². The molecule has 0 spiro atoms. The molecule has 1 aromatic rings. The monoisotopic (exact) mass is 289 g/mol. The molecule has 0 heterocycles. The lowest BCUT2D eigenvalue weighted by Crippen LogP contribution is -2.25. The number of carboxylic acids is 1. The van der Waals surface area contributed by atoms with Gasteiger partial charge >= 0.3 is 5.97 Å². The Morgan fingerprint density at radius 2 is 2.06 bits per heavy atom. The molecule has 2 N–H and O–H groups in total. The van der Waals surface area contributed by atoms with Crippen LogP contribution in [0.25, 0.3) is 0 Å². The van der Waals surface area contributed by atoms with E-state index in [1.54, 1.807) is 24.5 Å². The zero-order valence-electron chi connectivity index (χ0n) is 9.92. The van der Waals surface area contributed by atoms with Crippen LogP contribution in [0.5, 0.6) is 0 Å². The van der Waals surface area contributed by atoms with E-state index in [9.17, 15) is 13.2 Å². The number of hydrogen-bond acceptors (Lipinski definition) is 4. The second-order valence-electron chi connectivity index (χ2n) is 3.55. The fraction of sp³-hybridized carbons (Fsp3) is 0.364. The minimum Gasteiger partial charge on any atom is -0.481 e. The van der Waals surface area contributed by atoms with Crippen LogP contribution >= 0.6 is 11.8 Å². The lowest BCUT2D eigenvalue weighted by Gasteiger charge is -2.09. The molecule has 1 rings (SSSR count). The summed E-state index contributed by atoms with van der Waals surface area (Å²) in [5.74, 6) is -0.932. The van der Waals surface area contributed by atoms with Crippen LogP contribution in [0.1, 0.15) is 12.8 Å².